The molecule has 0 aliphatic rings. The normalized spacial score (nSPS) is 10.7. The Kier molecular flexibility index (Phi) is 7.64. The molecule has 8 aromatic rings. The minimum Gasteiger partial charge on any atom is -0.309 e. The molecule has 234 valence electrons. The molecule has 0 saturated heterocycles. The highest BCUT2D eigenvalue weighted by atomic mass is 15.0. The Balaban J connectivity index is 1.52. The van der Waals surface area contributed by atoms with E-state index in [4.69, 9.17) is 13.1 Å². The van der Waals surface area contributed by atoms with Gasteiger partial charge in [-0.2, -0.15) is 10.5 Å². The first-order valence-electron chi connectivity index (χ1n) is 16.3. The lowest BCUT2D eigenvalue weighted by molar-refractivity contribution is 1.18. The Morgan fingerprint density at radius 2 is 1.04 bits per heavy atom. The fourth-order valence-electron chi connectivity index (χ4n) is 7.09. The number of nitrogens with zero attached hydrogens (tertiary/aromatic N) is 5. The van der Waals surface area contributed by atoms with Gasteiger partial charge in [-0.05, 0) is 81.9 Å². The van der Waals surface area contributed by atoms with Crippen LogP contribution >= 0.6 is 0 Å². The molecule has 8 rings (SSSR count). The number of rotatable bonds is 5. The zero-order chi connectivity index (χ0) is 34.9. The van der Waals surface area contributed by atoms with E-state index in [9.17, 15) is 10.5 Å². The summed E-state index contributed by atoms with van der Waals surface area (Å²) in [7, 11) is 0. The minimum atomic E-state index is 0.390. The SMILES string of the molecule is [C-]#[N+]c1cccc(C#N)c1-c1ccc2c(c1)c1c(-c3c(C#N)cccc3[N+]#[C-])cccc1n2-c1cc(-c2ccccc2)cc(-c2ccccc2)c1. The Morgan fingerprint density at radius 3 is 1.63 bits per heavy atom. The van der Waals surface area contributed by atoms with E-state index in [1.807, 2.05) is 66.7 Å². The van der Waals surface area contributed by atoms with E-state index >= 15 is 0 Å². The van der Waals surface area contributed by atoms with Crippen LogP contribution in [0, 0.1) is 35.8 Å². The van der Waals surface area contributed by atoms with Gasteiger partial charge >= 0.3 is 0 Å². The van der Waals surface area contributed by atoms with Crippen LogP contribution in [0.15, 0.2) is 152 Å². The van der Waals surface area contributed by atoms with Crippen LogP contribution in [0.4, 0.5) is 11.4 Å². The Bertz CT molecular complexity index is 2710. The monoisotopic (exact) mass is 647 g/mol. The van der Waals surface area contributed by atoms with Gasteiger partial charge in [0.2, 0.25) is 0 Å². The molecule has 0 aliphatic heterocycles. The highest BCUT2D eigenvalue weighted by Gasteiger charge is 2.22. The van der Waals surface area contributed by atoms with E-state index in [2.05, 4.69) is 74.9 Å². The van der Waals surface area contributed by atoms with Gasteiger partial charge in [0, 0.05) is 38.7 Å². The van der Waals surface area contributed by atoms with Gasteiger partial charge in [-0.25, -0.2) is 9.69 Å². The van der Waals surface area contributed by atoms with E-state index in [0.717, 1.165) is 60.9 Å². The van der Waals surface area contributed by atoms with Crippen molar-refractivity contribution in [2.45, 2.75) is 0 Å². The lowest BCUT2D eigenvalue weighted by Gasteiger charge is -2.15. The van der Waals surface area contributed by atoms with E-state index in [0.29, 0.717) is 33.6 Å². The summed E-state index contributed by atoms with van der Waals surface area (Å²) in [6.45, 7) is 15.9. The van der Waals surface area contributed by atoms with Gasteiger partial charge in [-0.1, -0.05) is 103 Å². The van der Waals surface area contributed by atoms with E-state index in [1.54, 1.807) is 36.4 Å². The number of nitriles is 2. The summed E-state index contributed by atoms with van der Waals surface area (Å²) < 4.78 is 2.23. The summed E-state index contributed by atoms with van der Waals surface area (Å²) in [5.41, 5.74) is 11.3. The predicted octanol–water partition coefficient (Wildman–Crippen LogP) is 12.3. The van der Waals surface area contributed by atoms with E-state index in [-0.39, 0.29) is 0 Å². The van der Waals surface area contributed by atoms with E-state index in [1.165, 1.54) is 0 Å². The van der Waals surface area contributed by atoms with Gasteiger partial charge in [0.25, 0.3) is 0 Å². The lowest BCUT2D eigenvalue weighted by atomic mass is 9.92. The molecule has 51 heavy (non-hydrogen) atoms. The zero-order valence-electron chi connectivity index (χ0n) is 27.2. The largest absolute Gasteiger partial charge is 0.309 e. The molecule has 0 amide bonds. The first-order chi connectivity index (χ1) is 25.1. The average Bonchev–Trinajstić information content (AvgIpc) is 3.54. The van der Waals surface area contributed by atoms with Gasteiger partial charge in [0.1, 0.15) is 0 Å². The van der Waals surface area contributed by atoms with Crippen LogP contribution in [-0.2, 0) is 0 Å². The van der Waals surface area contributed by atoms with Gasteiger partial charge in [0.05, 0.1) is 36.3 Å². The first kappa shape index (κ1) is 30.6. The van der Waals surface area contributed by atoms with Crippen molar-refractivity contribution in [3.63, 3.8) is 0 Å². The van der Waals surface area contributed by atoms with Crippen LogP contribution in [0.25, 0.3) is 81.7 Å². The summed E-state index contributed by atoms with van der Waals surface area (Å²) in [5.74, 6) is 0. The smallest absolute Gasteiger partial charge is 0.196 e. The molecule has 0 atom stereocenters. The molecule has 0 radical (unpaired) electrons. The molecular formula is C46H25N5. The van der Waals surface area contributed by atoms with Crippen molar-refractivity contribution in [3.05, 3.63) is 186 Å². The fourth-order valence-corrected chi connectivity index (χ4v) is 7.09. The third-order valence-corrected chi connectivity index (χ3v) is 9.31. The molecule has 0 spiro atoms. The number of aromatic nitrogens is 1. The Morgan fingerprint density at radius 1 is 0.471 bits per heavy atom. The van der Waals surface area contributed by atoms with Crippen LogP contribution in [0.2, 0.25) is 0 Å². The summed E-state index contributed by atoms with van der Waals surface area (Å²) in [6, 6.07) is 54.3. The quantitative estimate of drug-likeness (QED) is 0.175. The van der Waals surface area contributed by atoms with Crippen LogP contribution < -0.4 is 0 Å². The van der Waals surface area contributed by atoms with E-state index < -0.39 is 0 Å². The second-order valence-corrected chi connectivity index (χ2v) is 12.1. The van der Waals surface area contributed by atoms with Crippen LogP contribution in [0.5, 0.6) is 0 Å². The van der Waals surface area contributed by atoms with Crippen LogP contribution in [-0.4, -0.2) is 4.57 Å². The highest BCUT2D eigenvalue weighted by molar-refractivity contribution is 6.18. The molecule has 7 aromatic carbocycles. The molecule has 0 N–H and O–H groups in total. The van der Waals surface area contributed by atoms with Crippen molar-refractivity contribution in [3.8, 4) is 62.3 Å². The maximum Gasteiger partial charge on any atom is 0.196 e. The topological polar surface area (TPSA) is 61.2 Å². The van der Waals surface area contributed by atoms with Gasteiger partial charge in [0.15, 0.2) is 11.4 Å². The maximum atomic E-state index is 10.2. The maximum absolute atomic E-state index is 10.2. The molecule has 5 nitrogen and oxygen atoms in total. The number of hydrogen-bond donors (Lipinski definition) is 0. The highest BCUT2D eigenvalue weighted by Crippen LogP contribution is 2.45. The summed E-state index contributed by atoms with van der Waals surface area (Å²) in [5, 5.41) is 22.0. The van der Waals surface area contributed by atoms with Crippen molar-refractivity contribution in [1.82, 2.24) is 4.57 Å². The summed E-state index contributed by atoms with van der Waals surface area (Å²) in [6.07, 6.45) is 0. The van der Waals surface area contributed by atoms with Crippen molar-refractivity contribution >= 4 is 33.2 Å². The second kappa shape index (κ2) is 12.7. The van der Waals surface area contributed by atoms with Crippen LogP contribution in [0.3, 0.4) is 0 Å². The van der Waals surface area contributed by atoms with Gasteiger partial charge < -0.3 is 4.57 Å². The first-order valence-corrected chi connectivity index (χ1v) is 16.3. The lowest BCUT2D eigenvalue weighted by Crippen LogP contribution is -1.96. The van der Waals surface area contributed by atoms with Crippen molar-refractivity contribution in [2.75, 3.05) is 0 Å². The molecule has 0 bridgehead atoms. The van der Waals surface area contributed by atoms with Gasteiger partial charge in [-0.3, -0.25) is 0 Å². The van der Waals surface area contributed by atoms with Crippen LogP contribution in [0.1, 0.15) is 11.1 Å². The van der Waals surface area contributed by atoms with Crippen molar-refractivity contribution in [1.29, 1.82) is 10.5 Å². The third-order valence-electron chi connectivity index (χ3n) is 9.31. The molecule has 1 aromatic heterocycles. The average molecular weight is 648 g/mol. The number of benzene rings is 7. The summed E-state index contributed by atoms with van der Waals surface area (Å²) >= 11 is 0. The zero-order valence-corrected chi connectivity index (χ0v) is 27.2. The van der Waals surface area contributed by atoms with Crippen molar-refractivity contribution < 1.29 is 0 Å². The Labute approximate surface area is 295 Å². The second-order valence-electron chi connectivity index (χ2n) is 12.1. The Hall–Kier alpha value is -7.70. The molecule has 0 saturated carbocycles. The standard InChI is InChI=1S/C46H25N5/c1-49-40-19-9-16-33(28-47)44(40)32-22-23-42-39(27-32)46-38(45-34(29-48)17-10-20-41(45)50-2)18-11-21-43(46)51(42)37-25-35(30-12-5-3-6-13-30)24-36(26-37)31-14-7-4-8-15-31/h3-27H. The molecule has 1 heterocycles. The molecule has 0 unspecified atom stereocenters. The minimum absolute atomic E-state index is 0.390. The predicted molar refractivity (Wildman–Crippen MR) is 204 cm³/mol. The number of fused-ring (bicyclic) bond motifs is 3. The molecule has 0 aliphatic carbocycles. The van der Waals surface area contributed by atoms with Gasteiger partial charge in [-0.15, -0.1) is 0 Å². The van der Waals surface area contributed by atoms with Crippen molar-refractivity contribution in [2.24, 2.45) is 0 Å². The fraction of sp³-hybridized carbons (Fsp3) is 0. The summed E-state index contributed by atoms with van der Waals surface area (Å²) in [4.78, 5) is 7.59. The number of hydrogen-bond acceptors (Lipinski definition) is 2. The molecular weight excluding hydrogens is 623 g/mol. The third kappa shape index (κ3) is 5.17. The molecule has 5 heteroatoms. The molecule has 0 fully saturated rings.